The van der Waals surface area contributed by atoms with E-state index in [0.717, 1.165) is 11.8 Å². The Balaban J connectivity index is 3.37. The van der Waals surface area contributed by atoms with Crippen molar-refractivity contribution in [3.05, 3.63) is 17.9 Å². The summed E-state index contributed by atoms with van der Waals surface area (Å²) in [5, 5.41) is 1.02. The highest BCUT2D eigenvalue weighted by Gasteiger charge is 1.80. The van der Waals surface area contributed by atoms with Crippen LogP contribution in [0.25, 0.3) is 0 Å². The predicted octanol–water partition coefficient (Wildman–Crippen LogP) is 2.50. The summed E-state index contributed by atoms with van der Waals surface area (Å²) in [5.41, 5.74) is 4.02. The maximum atomic E-state index is 3.50. The van der Waals surface area contributed by atoms with E-state index in [1.807, 2.05) is 6.92 Å². The van der Waals surface area contributed by atoms with Gasteiger partial charge in [-0.2, -0.15) is 0 Å². The van der Waals surface area contributed by atoms with Gasteiger partial charge in [0.05, 0.1) is 0 Å². The van der Waals surface area contributed by atoms with Gasteiger partial charge in [-0.15, -0.1) is 5.73 Å². The van der Waals surface area contributed by atoms with Gasteiger partial charge in [-0.25, -0.2) is 0 Å². The van der Waals surface area contributed by atoms with Gasteiger partial charge in [-0.3, -0.25) is 0 Å². The van der Waals surface area contributed by atoms with Crippen molar-refractivity contribution in [1.29, 1.82) is 0 Å². The van der Waals surface area contributed by atoms with E-state index < -0.39 is 0 Å². The maximum Gasteiger partial charge on any atom is 0.00745 e. The van der Waals surface area contributed by atoms with Gasteiger partial charge in [-0.1, -0.05) is 22.5 Å². The summed E-state index contributed by atoms with van der Waals surface area (Å²) in [6.07, 6.45) is 1.06. The van der Waals surface area contributed by atoms with Crippen molar-refractivity contribution < 1.29 is 0 Å². The molecule has 0 spiro atoms. The third-order valence-electron chi connectivity index (χ3n) is 0.771. The topological polar surface area (TPSA) is 0 Å². The van der Waals surface area contributed by atoms with Crippen molar-refractivity contribution in [2.24, 2.45) is 0 Å². The van der Waals surface area contributed by atoms with Gasteiger partial charge in [0.1, 0.15) is 0 Å². The third kappa shape index (κ3) is 3.84. The first-order valence-corrected chi connectivity index (χ1v) is 3.35. The van der Waals surface area contributed by atoms with E-state index in [2.05, 4.69) is 28.2 Å². The van der Waals surface area contributed by atoms with E-state index in [0.29, 0.717) is 0 Å². The first kappa shape index (κ1) is 7.00. The van der Waals surface area contributed by atoms with Crippen LogP contribution < -0.4 is 0 Å². The molecule has 1 heteroatoms. The van der Waals surface area contributed by atoms with E-state index in [1.165, 1.54) is 5.57 Å². The molecule has 0 radical (unpaired) electrons. The largest absolute Gasteiger partial charge is 0.130 e. The summed E-state index contributed by atoms with van der Waals surface area (Å²) in [4.78, 5) is 0. The van der Waals surface area contributed by atoms with Crippen LogP contribution in [0.3, 0.4) is 0 Å². The molecule has 0 heterocycles. The molecule has 0 saturated heterocycles. The second-order valence-corrected chi connectivity index (χ2v) is 2.19. The minimum atomic E-state index is 1.02. The van der Waals surface area contributed by atoms with Crippen LogP contribution in [0, 0.1) is 0 Å². The molecule has 40 valence electrons. The Kier molecular flexibility index (Phi) is 4.17. The second-order valence-electron chi connectivity index (χ2n) is 1.40. The highest BCUT2D eigenvalue weighted by molar-refractivity contribution is 9.09. The smallest absolute Gasteiger partial charge is 0.00745 e. The van der Waals surface area contributed by atoms with Crippen molar-refractivity contribution in [3.8, 4) is 0 Å². The maximum absolute atomic E-state index is 3.50. The Morgan fingerprint density at radius 2 is 2.43 bits per heavy atom. The van der Waals surface area contributed by atoms with Crippen LogP contribution in [-0.4, -0.2) is 5.33 Å². The lowest BCUT2D eigenvalue weighted by Gasteiger charge is -1.86. The van der Waals surface area contributed by atoms with E-state index in [-0.39, 0.29) is 0 Å². The molecular formula is C6H9Br. The molecule has 0 aliphatic rings. The molecule has 0 saturated carbocycles. The van der Waals surface area contributed by atoms with Crippen LogP contribution in [-0.2, 0) is 0 Å². The molecule has 0 aromatic heterocycles. The van der Waals surface area contributed by atoms with E-state index in [9.17, 15) is 0 Å². The lowest BCUT2D eigenvalue weighted by atomic mass is 10.3. The van der Waals surface area contributed by atoms with Crippen LogP contribution in [0.5, 0.6) is 0 Å². The molecule has 0 bridgehead atoms. The zero-order valence-electron chi connectivity index (χ0n) is 4.50. The van der Waals surface area contributed by atoms with Gasteiger partial charge in [0.2, 0.25) is 0 Å². The number of hydrogen-bond donors (Lipinski definition) is 0. The lowest BCUT2D eigenvalue weighted by Crippen LogP contribution is -1.72. The van der Waals surface area contributed by atoms with Crippen molar-refractivity contribution >= 4 is 15.9 Å². The average molecular weight is 161 g/mol. The first-order chi connectivity index (χ1) is 3.31. The van der Waals surface area contributed by atoms with Gasteiger partial charge in [-0.05, 0) is 18.9 Å². The van der Waals surface area contributed by atoms with Crippen LogP contribution in [0.15, 0.2) is 17.9 Å². The monoisotopic (exact) mass is 160 g/mol. The SMILES string of the molecule is C=C=C(C)CCBr. The standard InChI is InChI=1S/C6H9Br/c1-3-6(2)4-5-7/h1,4-5H2,2H3. The van der Waals surface area contributed by atoms with Crippen LogP contribution in [0.1, 0.15) is 13.3 Å². The van der Waals surface area contributed by atoms with E-state index in [4.69, 9.17) is 0 Å². The Bertz CT molecular complexity index is 88.4. The molecule has 0 aromatic carbocycles. The molecule has 0 rings (SSSR count). The van der Waals surface area contributed by atoms with Crippen molar-refractivity contribution in [3.63, 3.8) is 0 Å². The van der Waals surface area contributed by atoms with Gasteiger partial charge in [0.25, 0.3) is 0 Å². The number of hydrogen-bond acceptors (Lipinski definition) is 0. The highest BCUT2D eigenvalue weighted by atomic mass is 79.9. The fourth-order valence-electron chi connectivity index (χ4n) is 0.230. The third-order valence-corrected chi connectivity index (χ3v) is 1.17. The summed E-state index contributed by atoms with van der Waals surface area (Å²) in [6, 6.07) is 0. The molecular weight excluding hydrogens is 152 g/mol. The fourth-order valence-corrected chi connectivity index (χ4v) is 0.825. The molecule has 0 nitrogen and oxygen atoms in total. The molecule has 0 aliphatic heterocycles. The highest BCUT2D eigenvalue weighted by Crippen LogP contribution is 1.98. The summed E-state index contributed by atoms with van der Waals surface area (Å²) < 4.78 is 0. The predicted molar refractivity (Wildman–Crippen MR) is 36.7 cm³/mol. The van der Waals surface area contributed by atoms with Gasteiger partial charge in [0, 0.05) is 5.33 Å². The molecule has 0 atom stereocenters. The molecule has 7 heavy (non-hydrogen) atoms. The van der Waals surface area contributed by atoms with Crippen LogP contribution in [0.2, 0.25) is 0 Å². The summed E-state index contributed by atoms with van der Waals surface area (Å²) in [7, 11) is 0. The fraction of sp³-hybridized carbons (Fsp3) is 0.500. The Hall–Kier alpha value is 0. The molecule has 0 fully saturated rings. The minimum Gasteiger partial charge on any atom is -0.130 e. The van der Waals surface area contributed by atoms with E-state index in [1.54, 1.807) is 0 Å². The van der Waals surface area contributed by atoms with Crippen LogP contribution in [0.4, 0.5) is 0 Å². The first-order valence-electron chi connectivity index (χ1n) is 2.22. The van der Waals surface area contributed by atoms with Crippen molar-refractivity contribution in [1.82, 2.24) is 0 Å². The molecule has 0 N–H and O–H groups in total. The second kappa shape index (κ2) is 4.17. The van der Waals surface area contributed by atoms with Crippen LogP contribution >= 0.6 is 15.9 Å². The summed E-state index contributed by atoms with van der Waals surface area (Å²) >= 11 is 3.30. The normalized spacial score (nSPS) is 7.71. The lowest BCUT2D eigenvalue weighted by molar-refractivity contribution is 1.13. The summed E-state index contributed by atoms with van der Waals surface area (Å²) in [5.74, 6) is 0. The Labute approximate surface area is 53.1 Å². The van der Waals surface area contributed by atoms with Gasteiger partial charge in [0.15, 0.2) is 0 Å². The van der Waals surface area contributed by atoms with E-state index >= 15 is 0 Å². The van der Waals surface area contributed by atoms with Crippen molar-refractivity contribution in [2.45, 2.75) is 13.3 Å². The molecule has 0 amide bonds. The zero-order chi connectivity index (χ0) is 5.70. The minimum absolute atomic E-state index is 1.02. The summed E-state index contributed by atoms with van der Waals surface area (Å²) in [6.45, 7) is 5.52. The zero-order valence-corrected chi connectivity index (χ0v) is 6.09. The molecule has 0 aliphatic carbocycles. The number of alkyl halides is 1. The Morgan fingerprint density at radius 1 is 1.86 bits per heavy atom. The number of halogens is 1. The van der Waals surface area contributed by atoms with Gasteiger partial charge < -0.3 is 0 Å². The average Bonchev–Trinajstić information content (AvgIpc) is 1.68. The number of rotatable bonds is 2. The quantitative estimate of drug-likeness (QED) is 0.431. The van der Waals surface area contributed by atoms with Crippen molar-refractivity contribution in [2.75, 3.05) is 5.33 Å². The van der Waals surface area contributed by atoms with Gasteiger partial charge >= 0.3 is 0 Å². The Morgan fingerprint density at radius 3 is 2.57 bits per heavy atom. The molecule has 0 aromatic rings. The number of allylic oxidation sites excluding steroid dienone is 1. The molecule has 0 unspecified atom stereocenters.